The van der Waals surface area contributed by atoms with Gasteiger partial charge in [0.25, 0.3) is 0 Å². The fraction of sp³-hybridized carbons (Fsp3) is 0.0909. The van der Waals surface area contributed by atoms with Crippen LogP contribution in [0.25, 0.3) is 11.3 Å². The zero-order valence-electron chi connectivity index (χ0n) is 7.96. The fourth-order valence-electron chi connectivity index (χ4n) is 1.31. The summed E-state index contributed by atoms with van der Waals surface area (Å²) in [5.41, 5.74) is 0.767. The predicted octanol–water partition coefficient (Wildman–Crippen LogP) is 4.26. The maximum Gasteiger partial charge on any atom is 0.138 e. The molecule has 0 saturated carbocycles. The van der Waals surface area contributed by atoms with Crippen molar-refractivity contribution in [1.29, 1.82) is 0 Å². The first-order chi connectivity index (χ1) is 7.22. The third kappa shape index (κ3) is 1.96. The van der Waals surface area contributed by atoms with Crippen molar-refractivity contribution in [2.75, 3.05) is 7.11 Å². The number of furan rings is 1. The van der Waals surface area contributed by atoms with Crippen molar-refractivity contribution in [2.24, 2.45) is 0 Å². The minimum atomic E-state index is 0.484. The first-order valence-corrected chi connectivity index (χ1v) is 5.05. The standard InChI is InChI=1S/C11H8Cl2O2/c1-14-11-5-7(8(12)6-9(11)13)10-3-2-4-15-10/h2-6H,1H3. The first kappa shape index (κ1) is 10.4. The number of rotatable bonds is 2. The van der Waals surface area contributed by atoms with E-state index in [9.17, 15) is 0 Å². The molecule has 0 aliphatic heterocycles. The van der Waals surface area contributed by atoms with Crippen LogP contribution in [0.3, 0.4) is 0 Å². The molecule has 4 heteroatoms. The lowest BCUT2D eigenvalue weighted by molar-refractivity contribution is 0.415. The summed E-state index contributed by atoms with van der Waals surface area (Å²) >= 11 is 12.0. The van der Waals surface area contributed by atoms with Crippen LogP contribution in [-0.2, 0) is 0 Å². The molecule has 0 aliphatic rings. The zero-order valence-corrected chi connectivity index (χ0v) is 9.47. The number of hydrogen-bond acceptors (Lipinski definition) is 2. The molecule has 2 nitrogen and oxygen atoms in total. The SMILES string of the molecule is COc1cc(-c2ccco2)c(Cl)cc1Cl. The molecule has 1 aromatic carbocycles. The molecular weight excluding hydrogens is 235 g/mol. The molecule has 0 spiro atoms. The topological polar surface area (TPSA) is 22.4 Å². The molecule has 1 heterocycles. The van der Waals surface area contributed by atoms with Gasteiger partial charge in [0, 0.05) is 5.56 Å². The van der Waals surface area contributed by atoms with Crippen LogP contribution in [0.5, 0.6) is 5.75 Å². The molecule has 15 heavy (non-hydrogen) atoms. The van der Waals surface area contributed by atoms with Crippen molar-refractivity contribution in [3.05, 3.63) is 40.6 Å². The predicted molar refractivity (Wildman–Crippen MR) is 60.7 cm³/mol. The molecule has 2 aromatic rings. The molecule has 0 fully saturated rings. The molecule has 78 valence electrons. The Bertz CT molecular complexity index is 464. The highest BCUT2D eigenvalue weighted by Gasteiger charge is 2.11. The van der Waals surface area contributed by atoms with Gasteiger partial charge in [0.1, 0.15) is 11.5 Å². The molecule has 0 amide bonds. The molecule has 0 radical (unpaired) electrons. The molecule has 0 bridgehead atoms. The van der Waals surface area contributed by atoms with Crippen LogP contribution >= 0.6 is 23.2 Å². The van der Waals surface area contributed by atoms with E-state index in [0.717, 1.165) is 5.56 Å². The number of halogens is 2. The van der Waals surface area contributed by atoms with E-state index in [0.29, 0.717) is 21.6 Å². The van der Waals surface area contributed by atoms with Gasteiger partial charge in [-0.2, -0.15) is 0 Å². The van der Waals surface area contributed by atoms with Gasteiger partial charge in [-0.25, -0.2) is 0 Å². The summed E-state index contributed by atoms with van der Waals surface area (Å²) in [7, 11) is 1.56. The summed E-state index contributed by atoms with van der Waals surface area (Å²) in [5.74, 6) is 1.27. The van der Waals surface area contributed by atoms with Gasteiger partial charge in [-0.1, -0.05) is 23.2 Å². The number of hydrogen-bond donors (Lipinski definition) is 0. The fourth-order valence-corrected chi connectivity index (χ4v) is 1.86. The smallest absolute Gasteiger partial charge is 0.138 e. The van der Waals surface area contributed by atoms with Crippen molar-refractivity contribution in [2.45, 2.75) is 0 Å². The van der Waals surface area contributed by atoms with Crippen LogP contribution in [0.15, 0.2) is 34.9 Å². The maximum atomic E-state index is 6.05. The third-order valence-corrected chi connectivity index (χ3v) is 2.64. The van der Waals surface area contributed by atoms with E-state index < -0.39 is 0 Å². The molecule has 2 rings (SSSR count). The van der Waals surface area contributed by atoms with Crippen LogP contribution < -0.4 is 4.74 Å². The Hall–Kier alpha value is -1.12. The minimum Gasteiger partial charge on any atom is -0.495 e. The van der Waals surface area contributed by atoms with E-state index in [1.54, 1.807) is 31.6 Å². The highest BCUT2D eigenvalue weighted by molar-refractivity contribution is 6.37. The highest BCUT2D eigenvalue weighted by atomic mass is 35.5. The van der Waals surface area contributed by atoms with Crippen LogP contribution in [0.1, 0.15) is 0 Å². The lowest BCUT2D eigenvalue weighted by atomic mass is 10.1. The molecule has 0 atom stereocenters. The van der Waals surface area contributed by atoms with Gasteiger partial charge in [0.05, 0.1) is 23.4 Å². The third-order valence-electron chi connectivity index (χ3n) is 2.03. The monoisotopic (exact) mass is 242 g/mol. The summed E-state index contributed by atoms with van der Waals surface area (Å²) in [6.45, 7) is 0. The van der Waals surface area contributed by atoms with E-state index in [1.807, 2.05) is 6.07 Å². The Balaban J connectivity index is 2.57. The second-order valence-corrected chi connectivity index (χ2v) is 3.76. The zero-order chi connectivity index (χ0) is 10.8. The van der Waals surface area contributed by atoms with Crippen molar-refractivity contribution >= 4 is 23.2 Å². The molecule has 0 unspecified atom stereocenters. The Morgan fingerprint density at radius 2 is 2.00 bits per heavy atom. The Morgan fingerprint density at radius 1 is 1.20 bits per heavy atom. The first-order valence-electron chi connectivity index (χ1n) is 4.29. The molecule has 0 saturated heterocycles. The normalized spacial score (nSPS) is 10.3. The summed E-state index contributed by atoms with van der Waals surface area (Å²) in [6.07, 6.45) is 1.59. The Labute approximate surface area is 97.4 Å². The van der Waals surface area contributed by atoms with Gasteiger partial charge in [-0.15, -0.1) is 0 Å². The van der Waals surface area contributed by atoms with Gasteiger partial charge < -0.3 is 9.15 Å². The van der Waals surface area contributed by atoms with E-state index in [-0.39, 0.29) is 0 Å². The average Bonchev–Trinajstić information content (AvgIpc) is 2.71. The lowest BCUT2D eigenvalue weighted by Gasteiger charge is -2.06. The van der Waals surface area contributed by atoms with Crippen LogP contribution in [0.4, 0.5) is 0 Å². The second-order valence-electron chi connectivity index (χ2n) is 2.94. The second kappa shape index (κ2) is 4.17. The summed E-state index contributed by atoms with van der Waals surface area (Å²) < 4.78 is 10.4. The van der Waals surface area contributed by atoms with Gasteiger partial charge in [0.2, 0.25) is 0 Å². The largest absolute Gasteiger partial charge is 0.495 e. The number of ether oxygens (including phenoxy) is 1. The van der Waals surface area contributed by atoms with E-state index >= 15 is 0 Å². The van der Waals surface area contributed by atoms with E-state index in [1.165, 1.54) is 0 Å². The van der Waals surface area contributed by atoms with Gasteiger partial charge in [0.15, 0.2) is 0 Å². The van der Waals surface area contributed by atoms with Gasteiger partial charge in [-0.05, 0) is 24.3 Å². The number of benzene rings is 1. The quantitative estimate of drug-likeness (QED) is 0.786. The van der Waals surface area contributed by atoms with Crippen molar-refractivity contribution in [3.63, 3.8) is 0 Å². The van der Waals surface area contributed by atoms with Gasteiger partial charge >= 0.3 is 0 Å². The Kier molecular flexibility index (Phi) is 2.89. The number of methoxy groups -OCH3 is 1. The van der Waals surface area contributed by atoms with Gasteiger partial charge in [-0.3, -0.25) is 0 Å². The van der Waals surface area contributed by atoms with Crippen molar-refractivity contribution in [3.8, 4) is 17.1 Å². The van der Waals surface area contributed by atoms with E-state index in [4.69, 9.17) is 32.4 Å². The summed E-state index contributed by atoms with van der Waals surface area (Å²) in [5, 5.41) is 1.02. The summed E-state index contributed by atoms with van der Waals surface area (Å²) in [6, 6.07) is 7.02. The summed E-state index contributed by atoms with van der Waals surface area (Å²) in [4.78, 5) is 0. The van der Waals surface area contributed by atoms with Crippen LogP contribution in [0, 0.1) is 0 Å². The molecule has 1 aromatic heterocycles. The molecular formula is C11H8Cl2O2. The lowest BCUT2D eigenvalue weighted by Crippen LogP contribution is -1.86. The highest BCUT2D eigenvalue weighted by Crippen LogP contribution is 2.36. The maximum absolute atomic E-state index is 6.05. The van der Waals surface area contributed by atoms with Crippen LogP contribution in [0.2, 0.25) is 10.0 Å². The minimum absolute atomic E-state index is 0.484. The van der Waals surface area contributed by atoms with Crippen molar-refractivity contribution in [1.82, 2.24) is 0 Å². The molecule has 0 N–H and O–H groups in total. The van der Waals surface area contributed by atoms with E-state index in [2.05, 4.69) is 0 Å². The van der Waals surface area contributed by atoms with Crippen LogP contribution in [-0.4, -0.2) is 7.11 Å². The van der Waals surface area contributed by atoms with Crippen molar-refractivity contribution < 1.29 is 9.15 Å². The molecule has 0 aliphatic carbocycles. The Morgan fingerprint density at radius 3 is 2.60 bits per heavy atom. The average molecular weight is 243 g/mol.